The van der Waals surface area contributed by atoms with Crippen LogP contribution >= 0.6 is 0 Å². The first-order valence-electron chi connectivity index (χ1n) is 6.90. The smallest absolute Gasteiger partial charge is 0.192 e. The van der Waals surface area contributed by atoms with Crippen LogP contribution in [0.5, 0.6) is 0 Å². The van der Waals surface area contributed by atoms with Crippen molar-refractivity contribution in [3.05, 3.63) is 65.2 Å². The van der Waals surface area contributed by atoms with E-state index in [1.165, 1.54) is 16.9 Å². The first-order valence-corrected chi connectivity index (χ1v) is 6.90. The molecular formula is C16H10F3N5. The molecule has 0 spiro atoms. The van der Waals surface area contributed by atoms with E-state index in [4.69, 9.17) is 5.26 Å². The summed E-state index contributed by atoms with van der Waals surface area (Å²) in [6, 6.07) is 13.7. The quantitative estimate of drug-likeness (QED) is 0.739. The average Bonchev–Trinajstić information content (AvgIpc) is 3.03. The van der Waals surface area contributed by atoms with Crippen LogP contribution in [0.25, 0.3) is 11.4 Å². The van der Waals surface area contributed by atoms with Crippen molar-refractivity contribution in [3.8, 4) is 17.5 Å². The summed E-state index contributed by atoms with van der Waals surface area (Å²) in [5.41, 5.74) is 0.771. The summed E-state index contributed by atoms with van der Waals surface area (Å²) in [6.07, 6.45) is -4.43. The van der Waals surface area contributed by atoms with Gasteiger partial charge in [0.05, 0.1) is 23.7 Å². The third-order valence-electron chi connectivity index (χ3n) is 3.28. The Morgan fingerprint density at radius 1 is 1.08 bits per heavy atom. The standard InChI is InChI=1S/C16H10F3N5/c17-16(18,19)14-6-2-5-13(8-14)15-21-23-24(22-15)10-12-4-1-3-11(7-12)9-20/h1-8H,10H2. The maximum absolute atomic E-state index is 12.8. The molecule has 0 radical (unpaired) electrons. The number of hydrogen-bond donors (Lipinski definition) is 0. The second-order valence-corrected chi connectivity index (χ2v) is 5.03. The molecule has 0 aliphatic carbocycles. The molecule has 1 aromatic heterocycles. The van der Waals surface area contributed by atoms with Crippen molar-refractivity contribution >= 4 is 0 Å². The summed E-state index contributed by atoms with van der Waals surface area (Å²) < 4.78 is 38.3. The van der Waals surface area contributed by atoms with Gasteiger partial charge in [0.25, 0.3) is 0 Å². The highest BCUT2D eigenvalue weighted by molar-refractivity contribution is 5.55. The number of nitrogens with zero attached hydrogens (tertiary/aromatic N) is 5. The van der Waals surface area contributed by atoms with Crippen molar-refractivity contribution in [1.82, 2.24) is 20.2 Å². The zero-order valence-electron chi connectivity index (χ0n) is 12.2. The van der Waals surface area contributed by atoms with E-state index in [1.54, 1.807) is 24.3 Å². The monoisotopic (exact) mass is 329 g/mol. The van der Waals surface area contributed by atoms with Gasteiger partial charge in [-0.2, -0.15) is 23.2 Å². The Balaban J connectivity index is 1.84. The van der Waals surface area contributed by atoms with Crippen molar-refractivity contribution in [1.29, 1.82) is 5.26 Å². The second kappa shape index (κ2) is 6.12. The zero-order valence-corrected chi connectivity index (χ0v) is 12.2. The van der Waals surface area contributed by atoms with Gasteiger partial charge in [0, 0.05) is 5.56 Å². The maximum atomic E-state index is 12.8. The first kappa shape index (κ1) is 15.7. The highest BCUT2D eigenvalue weighted by atomic mass is 19.4. The number of nitriles is 1. The number of benzene rings is 2. The molecule has 3 aromatic rings. The Morgan fingerprint density at radius 2 is 1.88 bits per heavy atom. The molecule has 0 bridgehead atoms. The SMILES string of the molecule is N#Cc1cccc(Cn2nnc(-c3cccc(C(F)(F)F)c3)n2)c1. The summed E-state index contributed by atoms with van der Waals surface area (Å²) in [4.78, 5) is 1.27. The number of halogens is 3. The lowest BCUT2D eigenvalue weighted by Crippen LogP contribution is -2.05. The molecular weight excluding hydrogens is 319 g/mol. The summed E-state index contributed by atoms with van der Waals surface area (Å²) in [5.74, 6) is 0.109. The minimum Gasteiger partial charge on any atom is -0.192 e. The van der Waals surface area contributed by atoms with Crippen LogP contribution in [0.15, 0.2) is 48.5 Å². The van der Waals surface area contributed by atoms with Gasteiger partial charge in [-0.25, -0.2) is 0 Å². The second-order valence-electron chi connectivity index (χ2n) is 5.03. The fraction of sp³-hybridized carbons (Fsp3) is 0.125. The average molecular weight is 329 g/mol. The molecule has 0 N–H and O–H groups in total. The molecule has 0 atom stereocenters. The Kier molecular flexibility index (Phi) is 4.00. The molecule has 0 aliphatic rings. The Morgan fingerprint density at radius 3 is 2.62 bits per heavy atom. The Hall–Kier alpha value is -3.21. The van der Waals surface area contributed by atoms with E-state index in [-0.39, 0.29) is 17.9 Å². The normalized spacial score (nSPS) is 11.2. The summed E-state index contributed by atoms with van der Waals surface area (Å²) in [5, 5.41) is 20.6. The highest BCUT2D eigenvalue weighted by Crippen LogP contribution is 2.31. The molecule has 0 fully saturated rings. The van der Waals surface area contributed by atoms with Crippen molar-refractivity contribution in [2.75, 3.05) is 0 Å². The predicted molar refractivity (Wildman–Crippen MR) is 78.5 cm³/mol. The number of tetrazole rings is 1. The van der Waals surface area contributed by atoms with Crippen LogP contribution in [0.1, 0.15) is 16.7 Å². The fourth-order valence-electron chi connectivity index (χ4n) is 2.16. The van der Waals surface area contributed by atoms with E-state index in [9.17, 15) is 13.2 Å². The van der Waals surface area contributed by atoms with Gasteiger partial charge in [-0.1, -0.05) is 24.3 Å². The molecule has 8 heteroatoms. The molecule has 0 unspecified atom stereocenters. The van der Waals surface area contributed by atoms with Crippen molar-refractivity contribution < 1.29 is 13.2 Å². The van der Waals surface area contributed by atoms with E-state index in [2.05, 4.69) is 15.4 Å². The van der Waals surface area contributed by atoms with Gasteiger partial charge in [-0.3, -0.25) is 0 Å². The van der Waals surface area contributed by atoms with Crippen LogP contribution < -0.4 is 0 Å². The Labute approximate surface area is 135 Å². The summed E-state index contributed by atoms with van der Waals surface area (Å²) in [7, 11) is 0. The van der Waals surface area contributed by atoms with Crippen molar-refractivity contribution in [2.45, 2.75) is 12.7 Å². The maximum Gasteiger partial charge on any atom is 0.416 e. The minimum atomic E-state index is -4.43. The van der Waals surface area contributed by atoms with E-state index < -0.39 is 11.7 Å². The van der Waals surface area contributed by atoms with Crippen LogP contribution in [0.2, 0.25) is 0 Å². The van der Waals surface area contributed by atoms with E-state index in [0.29, 0.717) is 5.56 Å². The molecule has 0 saturated heterocycles. The molecule has 0 saturated carbocycles. The van der Waals surface area contributed by atoms with Gasteiger partial charge in [0.1, 0.15) is 0 Å². The molecule has 5 nitrogen and oxygen atoms in total. The number of hydrogen-bond acceptors (Lipinski definition) is 4. The lowest BCUT2D eigenvalue weighted by Gasteiger charge is -2.06. The number of alkyl halides is 3. The molecule has 0 aliphatic heterocycles. The van der Waals surface area contributed by atoms with Gasteiger partial charge in [-0.05, 0) is 35.0 Å². The lowest BCUT2D eigenvalue weighted by atomic mass is 10.1. The number of aromatic nitrogens is 4. The third kappa shape index (κ3) is 3.41. The summed E-state index contributed by atoms with van der Waals surface area (Å²) >= 11 is 0. The fourth-order valence-corrected chi connectivity index (χ4v) is 2.16. The zero-order chi connectivity index (χ0) is 17.2. The first-order chi connectivity index (χ1) is 11.5. The number of rotatable bonds is 3. The van der Waals surface area contributed by atoms with Crippen LogP contribution in [-0.4, -0.2) is 20.2 Å². The molecule has 1 heterocycles. The van der Waals surface area contributed by atoms with Crippen LogP contribution in [0.4, 0.5) is 13.2 Å². The minimum absolute atomic E-state index is 0.109. The van der Waals surface area contributed by atoms with Crippen molar-refractivity contribution in [2.24, 2.45) is 0 Å². The van der Waals surface area contributed by atoms with Gasteiger partial charge in [0.2, 0.25) is 5.82 Å². The molecule has 0 amide bonds. The molecule has 24 heavy (non-hydrogen) atoms. The predicted octanol–water partition coefficient (Wildman–Crippen LogP) is 3.28. The lowest BCUT2D eigenvalue weighted by molar-refractivity contribution is -0.137. The van der Waals surface area contributed by atoms with Crippen LogP contribution in [-0.2, 0) is 12.7 Å². The van der Waals surface area contributed by atoms with E-state index >= 15 is 0 Å². The molecule has 2 aromatic carbocycles. The third-order valence-corrected chi connectivity index (χ3v) is 3.28. The largest absolute Gasteiger partial charge is 0.416 e. The topological polar surface area (TPSA) is 67.4 Å². The van der Waals surface area contributed by atoms with Crippen molar-refractivity contribution in [3.63, 3.8) is 0 Å². The van der Waals surface area contributed by atoms with Gasteiger partial charge >= 0.3 is 6.18 Å². The Bertz CT molecular complexity index is 908. The summed E-state index contributed by atoms with van der Waals surface area (Å²) in [6.45, 7) is 0.265. The van der Waals surface area contributed by atoms with Crippen LogP contribution in [0.3, 0.4) is 0 Å². The van der Waals surface area contributed by atoms with E-state index in [0.717, 1.165) is 17.7 Å². The van der Waals surface area contributed by atoms with Gasteiger partial charge in [0.15, 0.2) is 0 Å². The molecule has 120 valence electrons. The molecule has 3 rings (SSSR count). The highest BCUT2D eigenvalue weighted by Gasteiger charge is 2.30. The van der Waals surface area contributed by atoms with Gasteiger partial charge in [-0.15, -0.1) is 10.2 Å². The van der Waals surface area contributed by atoms with Crippen LogP contribution in [0, 0.1) is 11.3 Å². The van der Waals surface area contributed by atoms with E-state index in [1.807, 2.05) is 6.07 Å². The van der Waals surface area contributed by atoms with Gasteiger partial charge < -0.3 is 0 Å².